The van der Waals surface area contributed by atoms with Crippen molar-refractivity contribution in [1.82, 2.24) is 0 Å². The Labute approximate surface area is 90.8 Å². The molecule has 0 fully saturated rings. The molecule has 15 heavy (non-hydrogen) atoms. The number of esters is 1. The van der Waals surface area contributed by atoms with Gasteiger partial charge in [0.2, 0.25) is 5.24 Å². The van der Waals surface area contributed by atoms with Gasteiger partial charge in [0.15, 0.2) is 5.92 Å². The van der Waals surface area contributed by atoms with Gasteiger partial charge in [-0.2, -0.15) is 0 Å². The van der Waals surface area contributed by atoms with Crippen molar-refractivity contribution < 1.29 is 18.7 Å². The second kappa shape index (κ2) is 4.89. The van der Waals surface area contributed by atoms with Crippen LogP contribution in [-0.2, 0) is 14.3 Å². The molecule has 0 radical (unpaired) electrons. The number of ether oxygens (including phenoxy) is 1. The molecule has 0 saturated carbocycles. The van der Waals surface area contributed by atoms with Gasteiger partial charge in [0.25, 0.3) is 0 Å². The zero-order valence-corrected chi connectivity index (χ0v) is 8.62. The number of halogens is 2. The van der Waals surface area contributed by atoms with Gasteiger partial charge in [-0.25, -0.2) is 4.39 Å². The third kappa shape index (κ3) is 2.53. The van der Waals surface area contributed by atoms with E-state index >= 15 is 0 Å². The number of rotatable bonds is 3. The summed E-state index contributed by atoms with van der Waals surface area (Å²) in [5.74, 6) is -2.94. The predicted molar refractivity (Wildman–Crippen MR) is 52.0 cm³/mol. The number of benzene rings is 1. The van der Waals surface area contributed by atoms with Crippen LogP contribution in [0.5, 0.6) is 0 Å². The van der Waals surface area contributed by atoms with Crippen molar-refractivity contribution in [2.45, 2.75) is 5.92 Å². The highest BCUT2D eigenvalue weighted by atomic mass is 35.5. The molecule has 0 heterocycles. The summed E-state index contributed by atoms with van der Waals surface area (Å²) < 4.78 is 17.7. The Kier molecular flexibility index (Phi) is 3.80. The van der Waals surface area contributed by atoms with E-state index in [1.54, 1.807) is 0 Å². The Morgan fingerprint density at radius 1 is 1.40 bits per heavy atom. The van der Waals surface area contributed by atoms with Crippen LogP contribution in [0.3, 0.4) is 0 Å². The first kappa shape index (κ1) is 11.7. The molecule has 0 bridgehead atoms. The van der Waals surface area contributed by atoms with Crippen molar-refractivity contribution in [3.63, 3.8) is 0 Å². The lowest BCUT2D eigenvalue weighted by Crippen LogP contribution is -2.20. The minimum Gasteiger partial charge on any atom is -0.468 e. The molecule has 5 heteroatoms. The van der Waals surface area contributed by atoms with Crippen molar-refractivity contribution >= 4 is 22.8 Å². The smallest absolute Gasteiger partial charge is 0.322 e. The van der Waals surface area contributed by atoms with E-state index in [0.29, 0.717) is 0 Å². The highest BCUT2D eigenvalue weighted by Crippen LogP contribution is 2.22. The quantitative estimate of drug-likeness (QED) is 0.452. The van der Waals surface area contributed by atoms with Crippen molar-refractivity contribution in [3.8, 4) is 0 Å². The van der Waals surface area contributed by atoms with E-state index in [1.165, 1.54) is 18.2 Å². The summed E-state index contributed by atoms with van der Waals surface area (Å²) in [6, 6.07) is 5.42. The SMILES string of the molecule is COC(=O)C(C(=O)Cl)c1ccccc1F. The molecule has 1 aromatic rings. The molecule has 0 saturated heterocycles. The van der Waals surface area contributed by atoms with Crippen LogP contribution in [0, 0.1) is 5.82 Å². The molecule has 80 valence electrons. The average Bonchev–Trinajstić information content (AvgIpc) is 2.20. The zero-order valence-electron chi connectivity index (χ0n) is 7.87. The summed E-state index contributed by atoms with van der Waals surface area (Å²) in [5.41, 5.74) is -0.0793. The fourth-order valence-electron chi connectivity index (χ4n) is 1.17. The number of hydrogen-bond acceptors (Lipinski definition) is 3. The summed E-state index contributed by atoms with van der Waals surface area (Å²) in [4.78, 5) is 22.2. The van der Waals surface area contributed by atoms with Gasteiger partial charge in [-0.1, -0.05) is 18.2 Å². The van der Waals surface area contributed by atoms with Gasteiger partial charge in [0.05, 0.1) is 7.11 Å². The Balaban J connectivity index is 3.16. The standard InChI is InChI=1S/C10H8ClFO3/c1-15-10(14)8(9(11)13)6-4-2-3-5-7(6)12/h2-5,8H,1H3. The van der Waals surface area contributed by atoms with E-state index in [9.17, 15) is 14.0 Å². The fraction of sp³-hybridized carbons (Fsp3) is 0.200. The van der Waals surface area contributed by atoms with E-state index in [-0.39, 0.29) is 5.56 Å². The third-order valence-electron chi connectivity index (χ3n) is 1.88. The molecule has 0 aliphatic heterocycles. The molecule has 1 rings (SSSR count). The lowest BCUT2D eigenvalue weighted by molar-refractivity contribution is -0.144. The maximum Gasteiger partial charge on any atom is 0.322 e. The maximum atomic E-state index is 13.3. The van der Waals surface area contributed by atoms with Gasteiger partial charge >= 0.3 is 5.97 Å². The van der Waals surface area contributed by atoms with Crippen LogP contribution < -0.4 is 0 Å². The summed E-state index contributed by atoms with van der Waals surface area (Å²) in [6.07, 6.45) is 0. The fourth-order valence-corrected chi connectivity index (χ4v) is 1.38. The van der Waals surface area contributed by atoms with Crippen molar-refractivity contribution in [3.05, 3.63) is 35.6 Å². The maximum absolute atomic E-state index is 13.3. The molecule has 3 nitrogen and oxygen atoms in total. The lowest BCUT2D eigenvalue weighted by Gasteiger charge is -2.10. The van der Waals surface area contributed by atoms with Gasteiger partial charge in [-0.3, -0.25) is 9.59 Å². The average molecular weight is 231 g/mol. The lowest BCUT2D eigenvalue weighted by atomic mass is 10.0. The molecule has 1 aromatic carbocycles. The first-order valence-electron chi connectivity index (χ1n) is 4.09. The molecule has 0 amide bonds. The van der Waals surface area contributed by atoms with Crippen molar-refractivity contribution in [1.29, 1.82) is 0 Å². The second-order valence-corrected chi connectivity index (χ2v) is 3.15. The van der Waals surface area contributed by atoms with Crippen molar-refractivity contribution in [2.24, 2.45) is 0 Å². The van der Waals surface area contributed by atoms with E-state index in [2.05, 4.69) is 4.74 Å². The van der Waals surface area contributed by atoms with Gasteiger partial charge in [-0.15, -0.1) is 0 Å². The topological polar surface area (TPSA) is 43.4 Å². The number of carbonyl (C=O) groups is 2. The van der Waals surface area contributed by atoms with Crippen LogP contribution in [0.25, 0.3) is 0 Å². The van der Waals surface area contributed by atoms with Crippen LogP contribution in [0.2, 0.25) is 0 Å². The highest BCUT2D eigenvalue weighted by molar-refractivity contribution is 6.66. The zero-order chi connectivity index (χ0) is 11.4. The molecule has 0 aromatic heterocycles. The van der Waals surface area contributed by atoms with E-state index in [4.69, 9.17) is 11.6 Å². The first-order chi connectivity index (χ1) is 7.07. The molecular weight excluding hydrogens is 223 g/mol. The molecule has 1 atom stereocenters. The number of methoxy groups -OCH3 is 1. The summed E-state index contributed by atoms with van der Waals surface area (Å²) in [7, 11) is 1.11. The van der Waals surface area contributed by atoms with Crippen molar-refractivity contribution in [2.75, 3.05) is 7.11 Å². The Morgan fingerprint density at radius 3 is 2.47 bits per heavy atom. The van der Waals surface area contributed by atoms with Gasteiger partial charge in [-0.05, 0) is 17.7 Å². The van der Waals surface area contributed by atoms with Gasteiger partial charge in [0, 0.05) is 5.56 Å². The summed E-state index contributed by atoms with van der Waals surface area (Å²) in [5, 5.41) is -0.966. The Bertz CT molecular complexity index is 392. The number of hydrogen-bond donors (Lipinski definition) is 0. The summed E-state index contributed by atoms with van der Waals surface area (Å²) in [6.45, 7) is 0. The van der Waals surface area contributed by atoms with Crippen LogP contribution in [0.4, 0.5) is 4.39 Å². The van der Waals surface area contributed by atoms with Gasteiger partial charge < -0.3 is 4.74 Å². The largest absolute Gasteiger partial charge is 0.468 e. The van der Waals surface area contributed by atoms with E-state index in [1.807, 2.05) is 0 Å². The van der Waals surface area contributed by atoms with Gasteiger partial charge in [0.1, 0.15) is 5.82 Å². The first-order valence-corrected chi connectivity index (χ1v) is 4.47. The normalized spacial score (nSPS) is 11.9. The van der Waals surface area contributed by atoms with Crippen LogP contribution in [-0.4, -0.2) is 18.3 Å². The molecule has 0 aliphatic rings. The molecular formula is C10H8ClFO3. The highest BCUT2D eigenvalue weighted by Gasteiger charge is 2.30. The second-order valence-electron chi connectivity index (χ2n) is 2.78. The van der Waals surface area contributed by atoms with Crippen LogP contribution in [0.15, 0.2) is 24.3 Å². The third-order valence-corrected chi connectivity index (χ3v) is 2.10. The van der Waals surface area contributed by atoms with E-state index < -0.39 is 22.9 Å². The predicted octanol–water partition coefficient (Wildman–Crippen LogP) is 1.85. The molecule has 1 unspecified atom stereocenters. The van der Waals surface area contributed by atoms with Crippen LogP contribution >= 0.6 is 11.6 Å². The number of carbonyl (C=O) groups excluding carboxylic acids is 2. The Morgan fingerprint density at radius 2 is 2.00 bits per heavy atom. The minimum absolute atomic E-state index is 0.0793. The monoisotopic (exact) mass is 230 g/mol. The molecule has 0 N–H and O–H groups in total. The van der Waals surface area contributed by atoms with Crippen LogP contribution in [0.1, 0.15) is 11.5 Å². The summed E-state index contributed by atoms with van der Waals surface area (Å²) >= 11 is 5.22. The molecule has 0 aliphatic carbocycles. The molecule has 0 spiro atoms. The minimum atomic E-state index is -1.40. The Hall–Kier alpha value is -1.42. The van der Waals surface area contributed by atoms with E-state index in [0.717, 1.165) is 13.2 Å².